The third-order valence-electron chi connectivity index (χ3n) is 4.20. The Labute approximate surface area is 159 Å². The first kappa shape index (κ1) is 20.3. The lowest BCUT2D eigenvalue weighted by atomic mass is 10.1. The predicted molar refractivity (Wildman–Crippen MR) is 106 cm³/mol. The van der Waals surface area contributed by atoms with Gasteiger partial charge in [-0.1, -0.05) is 24.3 Å². The van der Waals surface area contributed by atoms with E-state index in [2.05, 4.69) is 11.4 Å². The van der Waals surface area contributed by atoms with Crippen LogP contribution in [0, 0.1) is 26.6 Å². The number of amides is 1. The molecular weight excluding hydrogens is 349 g/mol. The fourth-order valence-corrected chi connectivity index (χ4v) is 3.40. The molecule has 0 unspecified atom stereocenters. The van der Waals surface area contributed by atoms with Crippen LogP contribution in [-0.2, 0) is 10.5 Å². The normalized spacial score (nSPS) is 11.9. The molecule has 26 heavy (non-hydrogen) atoms. The van der Waals surface area contributed by atoms with E-state index in [-0.39, 0.29) is 11.7 Å². The molecule has 0 heterocycles. The fraction of sp³-hybridized carbons (Fsp3) is 0.381. The average Bonchev–Trinajstić information content (AvgIpc) is 2.60. The summed E-state index contributed by atoms with van der Waals surface area (Å²) in [5.74, 6) is 1.73. The summed E-state index contributed by atoms with van der Waals surface area (Å²) < 4.78 is 19.4. The lowest BCUT2D eigenvalue weighted by molar-refractivity contribution is -0.127. The summed E-state index contributed by atoms with van der Waals surface area (Å²) in [5.41, 5.74) is 4.00. The number of rotatable bonds is 8. The minimum absolute atomic E-state index is 0.143. The SMILES string of the molecule is Cc1cc(C)c(C)c(O[C@@H](C)C(=O)NCCSCc2ccccc2F)c1. The van der Waals surface area contributed by atoms with Gasteiger partial charge in [-0.3, -0.25) is 4.79 Å². The molecule has 5 heteroatoms. The highest BCUT2D eigenvalue weighted by Gasteiger charge is 2.16. The van der Waals surface area contributed by atoms with Gasteiger partial charge in [0.15, 0.2) is 6.10 Å². The van der Waals surface area contributed by atoms with Crippen molar-refractivity contribution in [2.45, 2.75) is 39.6 Å². The van der Waals surface area contributed by atoms with Crippen molar-refractivity contribution in [2.75, 3.05) is 12.3 Å². The molecule has 0 aliphatic heterocycles. The molecule has 0 radical (unpaired) electrons. The van der Waals surface area contributed by atoms with Gasteiger partial charge in [-0.15, -0.1) is 0 Å². The van der Waals surface area contributed by atoms with Crippen LogP contribution in [0.2, 0.25) is 0 Å². The van der Waals surface area contributed by atoms with Crippen LogP contribution in [0.15, 0.2) is 36.4 Å². The van der Waals surface area contributed by atoms with Gasteiger partial charge in [0, 0.05) is 18.1 Å². The van der Waals surface area contributed by atoms with Crippen molar-refractivity contribution >= 4 is 17.7 Å². The summed E-state index contributed by atoms with van der Waals surface area (Å²) in [4.78, 5) is 12.2. The first-order chi connectivity index (χ1) is 12.4. The van der Waals surface area contributed by atoms with Crippen molar-refractivity contribution in [1.29, 1.82) is 0 Å². The highest BCUT2D eigenvalue weighted by atomic mass is 32.2. The van der Waals surface area contributed by atoms with E-state index in [0.717, 1.165) is 28.2 Å². The minimum Gasteiger partial charge on any atom is -0.481 e. The summed E-state index contributed by atoms with van der Waals surface area (Å²) >= 11 is 1.59. The van der Waals surface area contributed by atoms with Gasteiger partial charge in [-0.2, -0.15) is 11.8 Å². The zero-order chi connectivity index (χ0) is 19.1. The maximum atomic E-state index is 13.5. The van der Waals surface area contributed by atoms with E-state index in [9.17, 15) is 9.18 Å². The number of aryl methyl sites for hydroxylation is 2. The summed E-state index contributed by atoms with van der Waals surface area (Å²) in [6, 6.07) is 10.8. The van der Waals surface area contributed by atoms with Crippen LogP contribution < -0.4 is 10.1 Å². The summed E-state index contributed by atoms with van der Waals surface area (Å²) in [6.07, 6.45) is -0.563. The quantitative estimate of drug-likeness (QED) is 0.687. The molecule has 140 valence electrons. The van der Waals surface area contributed by atoms with Crippen molar-refractivity contribution in [2.24, 2.45) is 0 Å². The van der Waals surface area contributed by atoms with Gasteiger partial charge in [0.2, 0.25) is 0 Å². The Balaban J connectivity index is 1.75. The zero-order valence-electron chi connectivity index (χ0n) is 15.8. The molecule has 2 aromatic carbocycles. The van der Waals surface area contributed by atoms with Crippen molar-refractivity contribution in [1.82, 2.24) is 5.32 Å². The van der Waals surface area contributed by atoms with Crippen LogP contribution in [0.1, 0.15) is 29.2 Å². The lowest BCUT2D eigenvalue weighted by Gasteiger charge is -2.18. The maximum Gasteiger partial charge on any atom is 0.260 e. The smallest absolute Gasteiger partial charge is 0.260 e. The number of carbonyl (C=O) groups is 1. The third kappa shape index (κ3) is 5.77. The number of nitrogens with one attached hydrogen (secondary N) is 1. The molecule has 0 bridgehead atoms. The van der Waals surface area contributed by atoms with Gasteiger partial charge in [0.25, 0.3) is 5.91 Å². The highest BCUT2D eigenvalue weighted by molar-refractivity contribution is 7.98. The Morgan fingerprint density at radius 2 is 1.96 bits per heavy atom. The lowest BCUT2D eigenvalue weighted by Crippen LogP contribution is -2.37. The number of carbonyl (C=O) groups excluding carboxylic acids is 1. The molecule has 0 aliphatic carbocycles. The number of benzene rings is 2. The fourth-order valence-electron chi connectivity index (χ4n) is 2.55. The largest absolute Gasteiger partial charge is 0.481 e. The second kappa shape index (κ2) is 9.62. The van der Waals surface area contributed by atoms with E-state index in [4.69, 9.17) is 4.74 Å². The van der Waals surface area contributed by atoms with Gasteiger partial charge >= 0.3 is 0 Å². The number of hydrogen-bond donors (Lipinski definition) is 1. The molecule has 0 aromatic heterocycles. The molecule has 2 rings (SSSR count). The summed E-state index contributed by atoms with van der Waals surface area (Å²) in [6.45, 7) is 8.31. The zero-order valence-corrected chi connectivity index (χ0v) is 16.6. The number of halogens is 1. The van der Waals surface area contributed by atoms with Gasteiger partial charge < -0.3 is 10.1 Å². The minimum atomic E-state index is -0.563. The standard InChI is InChI=1S/C21H26FNO2S/c1-14-11-15(2)16(3)20(12-14)25-17(4)21(24)23-9-10-26-13-18-7-5-6-8-19(18)22/h5-8,11-12,17H,9-10,13H2,1-4H3,(H,23,24)/t17-/m0/s1. The molecule has 1 N–H and O–H groups in total. The highest BCUT2D eigenvalue weighted by Crippen LogP contribution is 2.24. The monoisotopic (exact) mass is 375 g/mol. The Morgan fingerprint density at radius 1 is 1.23 bits per heavy atom. The van der Waals surface area contributed by atoms with Crippen LogP contribution in [0.25, 0.3) is 0 Å². The maximum absolute atomic E-state index is 13.5. The molecule has 0 spiro atoms. The van der Waals surface area contributed by atoms with Crippen LogP contribution in [-0.4, -0.2) is 24.3 Å². The van der Waals surface area contributed by atoms with E-state index < -0.39 is 6.10 Å². The molecular formula is C21H26FNO2S. The molecule has 3 nitrogen and oxygen atoms in total. The number of thioether (sulfide) groups is 1. The average molecular weight is 376 g/mol. The molecule has 0 saturated heterocycles. The molecule has 0 aliphatic rings. The molecule has 0 saturated carbocycles. The van der Waals surface area contributed by atoms with Gasteiger partial charge in [0.05, 0.1) is 0 Å². The van der Waals surface area contributed by atoms with E-state index in [1.54, 1.807) is 30.8 Å². The van der Waals surface area contributed by atoms with E-state index >= 15 is 0 Å². The van der Waals surface area contributed by atoms with Crippen LogP contribution in [0.3, 0.4) is 0 Å². The molecule has 1 amide bonds. The van der Waals surface area contributed by atoms with E-state index in [1.165, 1.54) is 6.07 Å². The van der Waals surface area contributed by atoms with Crippen molar-refractivity contribution in [3.8, 4) is 5.75 Å². The predicted octanol–water partition coefficient (Wildman–Crippen LogP) is 4.57. The Morgan fingerprint density at radius 3 is 2.69 bits per heavy atom. The van der Waals surface area contributed by atoms with Crippen LogP contribution in [0.5, 0.6) is 5.75 Å². The van der Waals surface area contributed by atoms with Gasteiger partial charge in [0.1, 0.15) is 11.6 Å². The Hall–Kier alpha value is -2.01. The van der Waals surface area contributed by atoms with Gasteiger partial charge in [-0.25, -0.2) is 4.39 Å². The summed E-state index contributed by atoms with van der Waals surface area (Å²) in [7, 11) is 0. The first-order valence-corrected chi connectivity index (χ1v) is 9.87. The molecule has 2 aromatic rings. The van der Waals surface area contributed by atoms with Crippen molar-refractivity contribution in [3.63, 3.8) is 0 Å². The van der Waals surface area contributed by atoms with E-state index in [1.807, 2.05) is 32.9 Å². The van der Waals surface area contributed by atoms with Crippen molar-refractivity contribution < 1.29 is 13.9 Å². The first-order valence-electron chi connectivity index (χ1n) is 8.72. The van der Waals surface area contributed by atoms with Crippen molar-refractivity contribution in [3.05, 3.63) is 64.5 Å². The number of hydrogen-bond acceptors (Lipinski definition) is 3. The second-order valence-electron chi connectivity index (χ2n) is 6.40. The summed E-state index contributed by atoms with van der Waals surface area (Å²) in [5, 5.41) is 2.87. The van der Waals surface area contributed by atoms with Gasteiger partial charge in [-0.05, 0) is 62.1 Å². The topological polar surface area (TPSA) is 38.3 Å². The van der Waals surface area contributed by atoms with Crippen LogP contribution >= 0.6 is 11.8 Å². The Bertz CT molecular complexity index is 764. The molecule has 0 fully saturated rings. The Kier molecular flexibility index (Phi) is 7.51. The van der Waals surface area contributed by atoms with E-state index in [0.29, 0.717) is 17.9 Å². The number of ether oxygens (including phenoxy) is 1. The second-order valence-corrected chi connectivity index (χ2v) is 7.51. The van der Waals surface area contributed by atoms with Crippen LogP contribution in [0.4, 0.5) is 4.39 Å². The molecule has 1 atom stereocenters. The third-order valence-corrected chi connectivity index (χ3v) is 5.21.